The first kappa shape index (κ1) is 11.3. The van der Waals surface area contributed by atoms with Crippen molar-refractivity contribution in [3.8, 4) is 11.3 Å². The Balaban J connectivity index is 2.46. The normalized spacial score (nSPS) is 10.7. The van der Waals surface area contributed by atoms with Gasteiger partial charge >= 0.3 is 0 Å². The highest BCUT2D eigenvalue weighted by Crippen LogP contribution is 2.29. The van der Waals surface area contributed by atoms with Crippen molar-refractivity contribution < 1.29 is 0 Å². The molecule has 0 aliphatic heterocycles. The monoisotopic (exact) mass is 280 g/mol. The van der Waals surface area contributed by atoms with Crippen LogP contribution in [0.3, 0.4) is 0 Å². The Kier molecular flexibility index (Phi) is 3.36. The molecule has 2 rings (SSSR count). The van der Waals surface area contributed by atoms with Crippen LogP contribution in [0.1, 0.15) is 5.69 Å². The van der Waals surface area contributed by atoms with Crippen LogP contribution in [0.2, 0.25) is 0 Å². The van der Waals surface area contributed by atoms with E-state index in [1.165, 1.54) is 0 Å². The zero-order valence-electron chi connectivity index (χ0n) is 9.02. The Labute approximate surface area is 103 Å². The maximum atomic E-state index is 5.54. The number of rotatable bonds is 3. The molecule has 4 nitrogen and oxygen atoms in total. The lowest BCUT2D eigenvalue weighted by atomic mass is 10.2. The van der Waals surface area contributed by atoms with Crippen molar-refractivity contribution in [2.45, 2.75) is 13.5 Å². The van der Waals surface area contributed by atoms with Gasteiger partial charge in [-0.1, -0.05) is 0 Å². The van der Waals surface area contributed by atoms with E-state index in [2.05, 4.69) is 26.0 Å². The van der Waals surface area contributed by atoms with E-state index in [1.54, 1.807) is 12.4 Å². The predicted octanol–water partition coefficient (Wildman–Crippen LogP) is 1.97. The molecular weight excluding hydrogens is 268 g/mol. The summed E-state index contributed by atoms with van der Waals surface area (Å²) in [6, 6.07) is 3.89. The van der Waals surface area contributed by atoms with E-state index in [9.17, 15) is 0 Å². The second-order valence-electron chi connectivity index (χ2n) is 3.50. The van der Waals surface area contributed by atoms with Gasteiger partial charge in [0.05, 0.1) is 16.7 Å². The average Bonchev–Trinajstić information content (AvgIpc) is 2.59. The molecule has 0 bridgehead atoms. The molecule has 0 atom stereocenters. The number of pyridine rings is 1. The molecule has 2 aromatic heterocycles. The minimum atomic E-state index is 0.588. The highest BCUT2D eigenvalue weighted by Gasteiger charge is 2.13. The fourth-order valence-corrected chi connectivity index (χ4v) is 2.07. The van der Waals surface area contributed by atoms with Crippen LogP contribution in [0.25, 0.3) is 11.3 Å². The molecule has 5 heteroatoms. The zero-order valence-corrected chi connectivity index (χ0v) is 10.6. The van der Waals surface area contributed by atoms with E-state index >= 15 is 0 Å². The Hall–Kier alpha value is -1.20. The van der Waals surface area contributed by atoms with E-state index in [1.807, 2.05) is 23.7 Å². The van der Waals surface area contributed by atoms with E-state index in [-0.39, 0.29) is 0 Å². The summed E-state index contributed by atoms with van der Waals surface area (Å²) in [5, 5.41) is 4.53. The van der Waals surface area contributed by atoms with Gasteiger partial charge in [-0.2, -0.15) is 5.10 Å². The topological polar surface area (TPSA) is 56.7 Å². The number of nitrogens with two attached hydrogens (primary N) is 1. The first-order valence-corrected chi connectivity index (χ1v) is 5.86. The van der Waals surface area contributed by atoms with Crippen molar-refractivity contribution in [3.05, 3.63) is 34.7 Å². The fourth-order valence-electron chi connectivity index (χ4n) is 1.56. The molecule has 2 heterocycles. The first-order chi connectivity index (χ1) is 7.74. The summed E-state index contributed by atoms with van der Waals surface area (Å²) >= 11 is 3.56. The maximum Gasteiger partial charge on any atom is 0.107 e. The second kappa shape index (κ2) is 4.76. The van der Waals surface area contributed by atoms with Crippen molar-refractivity contribution in [3.63, 3.8) is 0 Å². The quantitative estimate of drug-likeness (QED) is 0.935. The third-order valence-electron chi connectivity index (χ3n) is 2.43. The third kappa shape index (κ3) is 2.01. The number of halogens is 1. The minimum Gasteiger partial charge on any atom is -0.329 e. The van der Waals surface area contributed by atoms with Crippen LogP contribution < -0.4 is 5.73 Å². The van der Waals surface area contributed by atoms with Crippen LogP contribution in [0.15, 0.2) is 29.0 Å². The Morgan fingerprint density at radius 3 is 2.69 bits per heavy atom. The van der Waals surface area contributed by atoms with E-state index in [4.69, 9.17) is 5.73 Å². The highest BCUT2D eigenvalue weighted by molar-refractivity contribution is 9.10. The number of nitrogens with zero attached hydrogens (tertiary/aromatic N) is 3. The summed E-state index contributed by atoms with van der Waals surface area (Å²) in [6.07, 6.45) is 3.53. The molecule has 0 aliphatic rings. The molecule has 2 N–H and O–H groups in total. The van der Waals surface area contributed by atoms with E-state index < -0.39 is 0 Å². The van der Waals surface area contributed by atoms with E-state index in [0.29, 0.717) is 6.54 Å². The second-order valence-corrected chi connectivity index (χ2v) is 4.29. The van der Waals surface area contributed by atoms with Crippen molar-refractivity contribution in [1.82, 2.24) is 14.8 Å². The van der Waals surface area contributed by atoms with Gasteiger partial charge in [0.15, 0.2) is 0 Å². The maximum absolute atomic E-state index is 5.54. The molecule has 16 heavy (non-hydrogen) atoms. The molecule has 0 aromatic carbocycles. The number of aromatic nitrogens is 3. The minimum absolute atomic E-state index is 0.588. The van der Waals surface area contributed by atoms with Gasteiger partial charge in [-0.3, -0.25) is 9.67 Å². The number of hydrogen-bond donors (Lipinski definition) is 1. The Morgan fingerprint density at radius 2 is 2.06 bits per heavy atom. The molecule has 0 radical (unpaired) electrons. The smallest absolute Gasteiger partial charge is 0.107 e. The summed E-state index contributed by atoms with van der Waals surface area (Å²) in [5.41, 5.74) is 8.63. The summed E-state index contributed by atoms with van der Waals surface area (Å²) in [5.74, 6) is 0. The van der Waals surface area contributed by atoms with Gasteiger partial charge in [0.1, 0.15) is 5.69 Å². The molecule has 0 aliphatic carbocycles. The highest BCUT2D eigenvalue weighted by atomic mass is 79.9. The van der Waals surface area contributed by atoms with Gasteiger partial charge in [0, 0.05) is 24.5 Å². The van der Waals surface area contributed by atoms with Crippen molar-refractivity contribution in [1.29, 1.82) is 0 Å². The van der Waals surface area contributed by atoms with Crippen LogP contribution in [0.5, 0.6) is 0 Å². The SMILES string of the molecule is Cc1c(Br)c(-c2ccncc2)nn1CCN. The lowest BCUT2D eigenvalue weighted by Gasteiger charge is -1.99. The standard InChI is InChI=1S/C11H13BrN4/c1-8-10(12)11(15-16(8)7-4-13)9-2-5-14-6-3-9/h2-3,5-6H,4,7,13H2,1H3. The first-order valence-electron chi connectivity index (χ1n) is 5.07. The van der Waals surface area contributed by atoms with E-state index in [0.717, 1.165) is 28.0 Å². The molecule has 0 fully saturated rings. The molecular formula is C11H13BrN4. The molecule has 0 spiro atoms. The Bertz CT molecular complexity index is 478. The number of hydrogen-bond acceptors (Lipinski definition) is 3. The molecule has 2 aromatic rings. The van der Waals surface area contributed by atoms with Gasteiger partial charge in [-0.15, -0.1) is 0 Å². The molecule has 0 amide bonds. The fraction of sp³-hybridized carbons (Fsp3) is 0.273. The zero-order chi connectivity index (χ0) is 11.5. The van der Waals surface area contributed by atoms with Crippen LogP contribution in [-0.2, 0) is 6.54 Å². The largest absolute Gasteiger partial charge is 0.329 e. The molecule has 84 valence electrons. The summed E-state index contributed by atoms with van der Waals surface area (Å²) in [7, 11) is 0. The van der Waals surface area contributed by atoms with Gasteiger partial charge in [-0.05, 0) is 35.0 Å². The van der Waals surface area contributed by atoms with Gasteiger partial charge < -0.3 is 5.73 Å². The van der Waals surface area contributed by atoms with Crippen LogP contribution in [-0.4, -0.2) is 21.3 Å². The summed E-state index contributed by atoms with van der Waals surface area (Å²) in [4.78, 5) is 4.00. The van der Waals surface area contributed by atoms with Crippen LogP contribution in [0.4, 0.5) is 0 Å². The van der Waals surface area contributed by atoms with Crippen molar-refractivity contribution >= 4 is 15.9 Å². The van der Waals surface area contributed by atoms with Crippen LogP contribution >= 0.6 is 15.9 Å². The van der Waals surface area contributed by atoms with Crippen molar-refractivity contribution in [2.24, 2.45) is 5.73 Å². The predicted molar refractivity (Wildman–Crippen MR) is 66.9 cm³/mol. The molecule has 0 saturated heterocycles. The lowest BCUT2D eigenvalue weighted by Crippen LogP contribution is -2.12. The van der Waals surface area contributed by atoms with Crippen LogP contribution in [0, 0.1) is 6.92 Å². The third-order valence-corrected chi connectivity index (χ3v) is 3.38. The summed E-state index contributed by atoms with van der Waals surface area (Å²) < 4.78 is 2.94. The Morgan fingerprint density at radius 1 is 1.38 bits per heavy atom. The van der Waals surface area contributed by atoms with Gasteiger partial charge in [0.25, 0.3) is 0 Å². The lowest BCUT2D eigenvalue weighted by molar-refractivity contribution is 0.609. The van der Waals surface area contributed by atoms with Crippen molar-refractivity contribution in [2.75, 3.05) is 6.54 Å². The average molecular weight is 281 g/mol. The molecule has 0 saturated carbocycles. The van der Waals surface area contributed by atoms with Gasteiger partial charge in [0.2, 0.25) is 0 Å². The summed E-state index contributed by atoms with van der Waals surface area (Å²) in [6.45, 7) is 3.34. The van der Waals surface area contributed by atoms with Gasteiger partial charge in [-0.25, -0.2) is 0 Å². The molecule has 0 unspecified atom stereocenters.